The quantitative estimate of drug-likeness (QED) is 0.937. The van der Waals surface area contributed by atoms with Crippen LogP contribution in [0.2, 0.25) is 0 Å². The Balaban J connectivity index is 1.67. The summed E-state index contributed by atoms with van der Waals surface area (Å²) in [5.41, 5.74) is 7.06. The zero-order chi connectivity index (χ0) is 13.8. The number of thiazole rings is 1. The van der Waals surface area contributed by atoms with Crippen LogP contribution >= 0.6 is 11.3 Å². The summed E-state index contributed by atoms with van der Waals surface area (Å²) in [5, 5.41) is 0.646. The standard InChI is InChI=1S/C15H19N3OS/c16-15-17-9-14(20-15)10-18-6-7-19-11-13(18)8-12-4-2-1-3-5-12/h1-5,9,13H,6-8,10-11H2,(H2,16,17). The molecule has 4 nitrogen and oxygen atoms in total. The summed E-state index contributed by atoms with van der Waals surface area (Å²) in [5.74, 6) is 0. The molecule has 1 aliphatic rings. The number of nitrogens with two attached hydrogens (primary N) is 1. The lowest BCUT2D eigenvalue weighted by atomic mass is 10.0. The molecular weight excluding hydrogens is 270 g/mol. The predicted molar refractivity (Wildman–Crippen MR) is 81.7 cm³/mol. The highest BCUT2D eigenvalue weighted by Gasteiger charge is 2.23. The third kappa shape index (κ3) is 3.36. The molecule has 106 valence electrons. The van der Waals surface area contributed by atoms with E-state index in [4.69, 9.17) is 10.5 Å². The number of hydrogen-bond acceptors (Lipinski definition) is 5. The van der Waals surface area contributed by atoms with Gasteiger partial charge in [0.05, 0.1) is 13.2 Å². The molecule has 1 atom stereocenters. The van der Waals surface area contributed by atoms with Gasteiger partial charge in [-0.15, -0.1) is 11.3 Å². The van der Waals surface area contributed by atoms with Crippen LogP contribution in [0.1, 0.15) is 10.4 Å². The van der Waals surface area contributed by atoms with Gasteiger partial charge in [0.2, 0.25) is 0 Å². The van der Waals surface area contributed by atoms with E-state index in [1.165, 1.54) is 10.4 Å². The normalized spacial score (nSPS) is 20.1. The Kier molecular flexibility index (Phi) is 4.30. The van der Waals surface area contributed by atoms with Gasteiger partial charge in [0.1, 0.15) is 0 Å². The lowest BCUT2D eigenvalue weighted by molar-refractivity contribution is -0.0108. The van der Waals surface area contributed by atoms with Crippen LogP contribution < -0.4 is 5.73 Å². The molecule has 2 aromatic rings. The third-order valence-electron chi connectivity index (χ3n) is 3.59. The van der Waals surface area contributed by atoms with Gasteiger partial charge in [-0.1, -0.05) is 30.3 Å². The fourth-order valence-corrected chi connectivity index (χ4v) is 3.28. The minimum Gasteiger partial charge on any atom is -0.378 e. The van der Waals surface area contributed by atoms with Crippen LogP contribution in [0.4, 0.5) is 5.13 Å². The molecule has 0 amide bonds. The van der Waals surface area contributed by atoms with Crippen molar-refractivity contribution in [2.75, 3.05) is 25.5 Å². The van der Waals surface area contributed by atoms with Crippen molar-refractivity contribution in [2.45, 2.75) is 19.0 Å². The molecule has 1 aromatic heterocycles. The second kappa shape index (κ2) is 6.35. The Morgan fingerprint density at radius 1 is 1.35 bits per heavy atom. The van der Waals surface area contributed by atoms with E-state index < -0.39 is 0 Å². The number of rotatable bonds is 4. The van der Waals surface area contributed by atoms with Gasteiger partial charge < -0.3 is 10.5 Å². The Morgan fingerprint density at radius 2 is 2.20 bits per heavy atom. The number of hydrogen-bond donors (Lipinski definition) is 1. The SMILES string of the molecule is Nc1ncc(CN2CCOCC2Cc2ccccc2)s1. The van der Waals surface area contributed by atoms with Crippen molar-refractivity contribution in [3.05, 3.63) is 47.0 Å². The summed E-state index contributed by atoms with van der Waals surface area (Å²) in [4.78, 5) is 7.83. The summed E-state index contributed by atoms with van der Waals surface area (Å²) < 4.78 is 5.65. The van der Waals surface area contributed by atoms with Crippen molar-refractivity contribution < 1.29 is 4.74 Å². The topological polar surface area (TPSA) is 51.4 Å². The second-order valence-corrected chi connectivity index (χ2v) is 6.20. The Hall–Kier alpha value is -1.43. The molecule has 0 radical (unpaired) electrons. The fourth-order valence-electron chi connectivity index (χ4n) is 2.57. The number of benzene rings is 1. The van der Waals surface area contributed by atoms with E-state index in [9.17, 15) is 0 Å². The van der Waals surface area contributed by atoms with Crippen LogP contribution in [-0.2, 0) is 17.7 Å². The van der Waals surface area contributed by atoms with Crippen molar-refractivity contribution >= 4 is 16.5 Å². The number of ether oxygens (including phenoxy) is 1. The van der Waals surface area contributed by atoms with Crippen molar-refractivity contribution in [2.24, 2.45) is 0 Å². The van der Waals surface area contributed by atoms with Gasteiger partial charge in [0.25, 0.3) is 0 Å². The zero-order valence-electron chi connectivity index (χ0n) is 11.4. The summed E-state index contributed by atoms with van der Waals surface area (Å²) in [6, 6.07) is 11.0. The molecule has 3 rings (SSSR count). The first-order chi connectivity index (χ1) is 9.81. The van der Waals surface area contributed by atoms with Crippen LogP contribution in [0, 0.1) is 0 Å². The highest BCUT2D eigenvalue weighted by molar-refractivity contribution is 7.15. The van der Waals surface area contributed by atoms with Crippen LogP contribution in [-0.4, -0.2) is 35.7 Å². The molecule has 1 saturated heterocycles. The molecule has 0 bridgehead atoms. The van der Waals surface area contributed by atoms with Crippen molar-refractivity contribution in [3.8, 4) is 0 Å². The molecule has 2 N–H and O–H groups in total. The first-order valence-electron chi connectivity index (χ1n) is 6.87. The van der Waals surface area contributed by atoms with Gasteiger partial charge in [0, 0.05) is 30.2 Å². The van der Waals surface area contributed by atoms with E-state index in [0.29, 0.717) is 11.2 Å². The maximum Gasteiger partial charge on any atom is 0.180 e. The zero-order valence-corrected chi connectivity index (χ0v) is 12.2. The summed E-state index contributed by atoms with van der Waals surface area (Å²) in [7, 11) is 0. The van der Waals surface area contributed by atoms with Gasteiger partial charge >= 0.3 is 0 Å². The minimum absolute atomic E-state index is 0.425. The van der Waals surface area contributed by atoms with Crippen LogP contribution in [0.3, 0.4) is 0 Å². The molecule has 1 unspecified atom stereocenters. The first-order valence-corrected chi connectivity index (χ1v) is 7.69. The first kappa shape index (κ1) is 13.5. The van der Waals surface area contributed by atoms with Crippen molar-refractivity contribution in [3.63, 3.8) is 0 Å². The predicted octanol–water partition coefficient (Wildman–Crippen LogP) is 2.17. The Morgan fingerprint density at radius 3 is 2.95 bits per heavy atom. The molecule has 0 aliphatic carbocycles. The van der Waals surface area contributed by atoms with Gasteiger partial charge in [-0.2, -0.15) is 0 Å². The minimum atomic E-state index is 0.425. The molecule has 20 heavy (non-hydrogen) atoms. The summed E-state index contributed by atoms with van der Waals surface area (Å²) in [6.45, 7) is 3.48. The Labute approximate surface area is 123 Å². The number of anilines is 1. The van der Waals surface area contributed by atoms with Gasteiger partial charge in [0.15, 0.2) is 5.13 Å². The molecule has 5 heteroatoms. The number of nitrogen functional groups attached to an aromatic ring is 1. The molecule has 0 saturated carbocycles. The lowest BCUT2D eigenvalue weighted by Crippen LogP contribution is -2.45. The maximum absolute atomic E-state index is 5.71. The number of morpholine rings is 1. The van der Waals surface area contributed by atoms with E-state index >= 15 is 0 Å². The van der Waals surface area contributed by atoms with E-state index in [0.717, 1.165) is 32.7 Å². The fraction of sp³-hybridized carbons (Fsp3) is 0.400. The molecule has 1 aromatic carbocycles. The van der Waals surface area contributed by atoms with E-state index in [2.05, 4.69) is 40.2 Å². The van der Waals surface area contributed by atoms with Gasteiger partial charge in [-0.25, -0.2) is 4.98 Å². The molecule has 0 spiro atoms. The average molecular weight is 289 g/mol. The largest absolute Gasteiger partial charge is 0.378 e. The van der Waals surface area contributed by atoms with Crippen LogP contribution in [0.25, 0.3) is 0 Å². The van der Waals surface area contributed by atoms with E-state index in [-0.39, 0.29) is 0 Å². The van der Waals surface area contributed by atoms with Crippen LogP contribution in [0.15, 0.2) is 36.5 Å². The summed E-state index contributed by atoms with van der Waals surface area (Å²) in [6.07, 6.45) is 2.91. The van der Waals surface area contributed by atoms with Gasteiger partial charge in [-0.3, -0.25) is 4.90 Å². The second-order valence-electron chi connectivity index (χ2n) is 5.05. The highest BCUT2D eigenvalue weighted by atomic mass is 32.1. The maximum atomic E-state index is 5.71. The molecule has 1 aliphatic heterocycles. The third-order valence-corrected chi connectivity index (χ3v) is 4.41. The highest BCUT2D eigenvalue weighted by Crippen LogP contribution is 2.20. The van der Waals surface area contributed by atoms with Crippen molar-refractivity contribution in [1.29, 1.82) is 0 Å². The van der Waals surface area contributed by atoms with E-state index in [1.54, 1.807) is 11.3 Å². The summed E-state index contributed by atoms with van der Waals surface area (Å²) >= 11 is 1.57. The monoisotopic (exact) mass is 289 g/mol. The number of nitrogens with zero attached hydrogens (tertiary/aromatic N) is 2. The molecule has 2 heterocycles. The molecule has 1 fully saturated rings. The lowest BCUT2D eigenvalue weighted by Gasteiger charge is -2.35. The van der Waals surface area contributed by atoms with Crippen LogP contribution in [0.5, 0.6) is 0 Å². The molecular formula is C15H19N3OS. The Bertz CT molecular complexity index is 543. The van der Waals surface area contributed by atoms with Crippen molar-refractivity contribution in [1.82, 2.24) is 9.88 Å². The average Bonchev–Trinajstić information content (AvgIpc) is 2.88. The number of aromatic nitrogens is 1. The smallest absolute Gasteiger partial charge is 0.180 e. The van der Waals surface area contributed by atoms with E-state index in [1.807, 2.05) is 6.20 Å². The van der Waals surface area contributed by atoms with Gasteiger partial charge in [-0.05, 0) is 12.0 Å².